The highest BCUT2D eigenvalue weighted by atomic mass is 79.9. The van der Waals surface area contributed by atoms with Gasteiger partial charge in [0.05, 0.1) is 0 Å². The maximum atomic E-state index is 11.3. The van der Waals surface area contributed by atoms with Crippen molar-refractivity contribution >= 4 is 43.6 Å². The van der Waals surface area contributed by atoms with Crippen LogP contribution in [0, 0.1) is 0 Å². The highest BCUT2D eigenvalue weighted by molar-refractivity contribution is 9.11. The summed E-state index contributed by atoms with van der Waals surface area (Å²) in [4.78, 5) is 15.3. The number of nitrogens with one attached hydrogen (secondary N) is 1. The Bertz CT molecular complexity index is 345. The molecule has 62 valence electrons. The second kappa shape index (κ2) is 2.74. The quantitative estimate of drug-likeness (QED) is 0.530. The minimum atomic E-state index is -0.402. The van der Waals surface area contributed by atoms with Crippen molar-refractivity contribution in [2.75, 3.05) is 0 Å². The lowest BCUT2D eigenvalue weighted by atomic mass is 10.2. The summed E-state index contributed by atoms with van der Waals surface area (Å²) in [6, 6.07) is 0. The molecule has 0 saturated carbocycles. The van der Waals surface area contributed by atoms with Gasteiger partial charge in [-0.15, -0.1) is 10.2 Å². The van der Waals surface area contributed by atoms with E-state index < -0.39 is 5.08 Å². The van der Waals surface area contributed by atoms with Crippen LogP contribution in [0.2, 0.25) is 0 Å². The summed E-state index contributed by atoms with van der Waals surface area (Å²) in [5.41, 5.74) is 0.394. The highest BCUT2D eigenvalue weighted by Crippen LogP contribution is 2.26. The first-order valence-corrected chi connectivity index (χ1v) is 4.74. The van der Waals surface area contributed by atoms with Gasteiger partial charge in [0, 0.05) is 0 Å². The molecule has 7 heteroatoms. The van der Waals surface area contributed by atoms with Crippen molar-refractivity contribution in [1.29, 1.82) is 0 Å². The summed E-state index contributed by atoms with van der Waals surface area (Å²) in [6.45, 7) is 0. The van der Waals surface area contributed by atoms with E-state index in [1.165, 1.54) is 0 Å². The number of carbonyl (C=O) groups excluding carboxylic acids is 1. The Hall–Kier alpha value is -0.560. The van der Waals surface area contributed by atoms with Gasteiger partial charge in [0.25, 0.3) is 5.91 Å². The molecule has 0 aliphatic carbocycles. The SMILES string of the molecule is O=C1NC(Br)N=C2N=NC(Br)=C12. The molecule has 0 radical (unpaired) electrons. The summed E-state index contributed by atoms with van der Waals surface area (Å²) in [6.07, 6.45) is 0. The number of hydrogen-bond acceptors (Lipinski definition) is 4. The number of rotatable bonds is 0. The monoisotopic (exact) mass is 292 g/mol. The van der Waals surface area contributed by atoms with Crippen LogP contribution in [0.5, 0.6) is 0 Å². The molecule has 1 unspecified atom stereocenters. The van der Waals surface area contributed by atoms with Gasteiger partial charge in [0.2, 0.25) is 0 Å². The van der Waals surface area contributed by atoms with Crippen LogP contribution in [0.1, 0.15) is 0 Å². The zero-order valence-corrected chi connectivity index (χ0v) is 8.76. The first-order chi connectivity index (χ1) is 5.68. The molecular formula is C5H2Br2N4O. The second-order valence-electron chi connectivity index (χ2n) is 2.13. The van der Waals surface area contributed by atoms with Crippen molar-refractivity contribution in [3.8, 4) is 0 Å². The number of alkyl halides is 1. The van der Waals surface area contributed by atoms with Gasteiger partial charge in [0.15, 0.2) is 10.9 Å². The van der Waals surface area contributed by atoms with Crippen molar-refractivity contribution in [2.24, 2.45) is 15.2 Å². The number of nitrogens with zero attached hydrogens (tertiary/aromatic N) is 3. The summed E-state index contributed by atoms with van der Waals surface area (Å²) >= 11 is 6.23. The number of halogens is 2. The van der Waals surface area contributed by atoms with Crippen LogP contribution in [0.3, 0.4) is 0 Å². The largest absolute Gasteiger partial charge is 0.321 e. The highest BCUT2D eigenvalue weighted by Gasteiger charge is 2.30. The molecule has 0 bridgehead atoms. The Morgan fingerprint density at radius 1 is 1.42 bits per heavy atom. The molecular weight excluding hydrogens is 292 g/mol. The maximum absolute atomic E-state index is 11.3. The number of amides is 1. The number of fused-ring (bicyclic) bond motifs is 1. The summed E-state index contributed by atoms with van der Waals surface area (Å²) in [7, 11) is 0. The molecule has 12 heavy (non-hydrogen) atoms. The van der Waals surface area contributed by atoms with Gasteiger partial charge in [-0.3, -0.25) is 4.79 Å². The molecule has 0 aromatic rings. The molecule has 2 heterocycles. The fourth-order valence-electron chi connectivity index (χ4n) is 0.889. The van der Waals surface area contributed by atoms with Crippen LogP contribution in [0.4, 0.5) is 0 Å². The number of amidine groups is 1. The van der Waals surface area contributed by atoms with Crippen molar-refractivity contribution in [3.05, 3.63) is 10.2 Å². The van der Waals surface area contributed by atoms with E-state index >= 15 is 0 Å². The fraction of sp³-hybridized carbons (Fsp3) is 0.200. The first kappa shape index (κ1) is 8.06. The van der Waals surface area contributed by atoms with Gasteiger partial charge in [-0.05, 0) is 31.9 Å². The van der Waals surface area contributed by atoms with Crippen molar-refractivity contribution in [3.63, 3.8) is 0 Å². The van der Waals surface area contributed by atoms with Gasteiger partial charge >= 0.3 is 0 Å². The first-order valence-electron chi connectivity index (χ1n) is 3.03. The van der Waals surface area contributed by atoms with E-state index in [1.54, 1.807) is 0 Å². The molecule has 2 aliphatic rings. The number of azo groups is 1. The second-order valence-corrected chi connectivity index (χ2v) is 3.75. The Morgan fingerprint density at radius 2 is 2.17 bits per heavy atom. The van der Waals surface area contributed by atoms with Crippen LogP contribution in [-0.4, -0.2) is 16.8 Å². The lowest BCUT2D eigenvalue weighted by Gasteiger charge is -2.14. The molecule has 1 amide bonds. The number of aliphatic imine (C=N–C) groups is 1. The third kappa shape index (κ3) is 1.13. The van der Waals surface area contributed by atoms with E-state index in [4.69, 9.17) is 0 Å². The lowest BCUT2D eigenvalue weighted by Crippen LogP contribution is -2.37. The van der Waals surface area contributed by atoms with Crippen molar-refractivity contribution in [1.82, 2.24) is 5.32 Å². The summed E-state index contributed by atoms with van der Waals surface area (Å²) < 4.78 is 0.429. The van der Waals surface area contributed by atoms with Crippen molar-refractivity contribution < 1.29 is 4.79 Å². The van der Waals surface area contributed by atoms with Crippen LogP contribution in [0.15, 0.2) is 25.4 Å². The average Bonchev–Trinajstić information content (AvgIpc) is 2.31. The minimum absolute atomic E-state index is 0.223. The standard InChI is InChI=1S/C5H2Br2N4O/c6-2-1-3(11-10-2)8-5(7)9-4(1)12/h5H,(H,9,12). The fourth-order valence-corrected chi connectivity index (χ4v) is 1.73. The van der Waals surface area contributed by atoms with Crippen LogP contribution in [0.25, 0.3) is 0 Å². The van der Waals surface area contributed by atoms with Gasteiger partial charge in [0.1, 0.15) is 10.2 Å². The summed E-state index contributed by atoms with van der Waals surface area (Å²) in [5.74, 6) is 0.145. The average molecular weight is 294 g/mol. The Labute approximate surface area is 84.3 Å². The van der Waals surface area contributed by atoms with Gasteiger partial charge in [-0.25, -0.2) is 4.99 Å². The zero-order valence-electron chi connectivity index (χ0n) is 5.58. The van der Waals surface area contributed by atoms with Gasteiger partial charge < -0.3 is 5.32 Å². The van der Waals surface area contributed by atoms with E-state index in [-0.39, 0.29) is 5.91 Å². The van der Waals surface area contributed by atoms with E-state index in [2.05, 4.69) is 52.4 Å². The maximum Gasteiger partial charge on any atom is 0.260 e. The van der Waals surface area contributed by atoms with Crippen LogP contribution < -0.4 is 5.32 Å². The Morgan fingerprint density at radius 3 is 2.92 bits per heavy atom. The molecule has 0 saturated heterocycles. The zero-order chi connectivity index (χ0) is 8.72. The van der Waals surface area contributed by atoms with Crippen molar-refractivity contribution in [2.45, 2.75) is 5.08 Å². The molecule has 5 nitrogen and oxygen atoms in total. The Kier molecular flexibility index (Phi) is 1.84. The minimum Gasteiger partial charge on any atom is -0.321 e. The van der Waals surface area contributed by atoms with Crippen LogP contribution >= 0.6 is 31.9 Å². The Balaban J connectivity index is 2.52. The lowest BCUT2D eigenvalue weighted by molar-refractivity contribution is -0.117. The predicted molar refractivity (Wildman–Crippen MR) is 49.1 cm³/mol. The molecule has 1 N–H and O–H groups in total. The smallest absolute Gasteiger partial charge is 0.260 e. The van der Waals surface area contributed by atoms with E-state index in [1.807, 2.05) is 0 Å². The molecule has 2 rings (SSSR count). The topological polar surface area (TPSA) is 66.2 Å². The third-order valence-electron chi connectivity index (χ3n) is 1.38. The molecule has 2 aliphatic heterocycles. The molecule has 0 aromatic heterocycles. The van der Waals surface area contributed by atoms with E-state index in [9.17, 15) is 4.79 Å². The molecule has 0 aromatic carbocycles. The van der Waals surface area contributed by atoms with E-state index in [0.717, 1.165) is 0 Å². The van der Waals surface area contributed by atoms with Gasteiger partial charge in [-0.1, -0.05) is 0 Å². The number of hydrogen-bond donors (Lipinski definition) is 1. The van der Waals surface area contributed by atoms with E-state index in [0.29, 0.717) is 16.0 Å². The van der Waals surface area contributed by atoms with Crippen LogP contribution in [-0.2, 0) is 4.79 Å². The molecule has 0 fully saturated rings. The molecule has 0 spiro atoms. The third-order valence-corrected chi connectivity index (χ3v) is 2.36. The normalized spacial score (nSPS) is 27.0. The number of carbonyl (C=O) groups is 1. The summed E-state index contributed by atoms with van der Waals surface area (Å²) in [5, 5.41) is 9.54. The molecule has 1 atom stereocenters. The van der Waals surface area contributed by atoms with Gasteiger partial charge in [-0.2, -0.15) is 0 Å². The predicted octanol–water partition coefficient (Wildman–Crippen LogP) is 1.27.